The second-order valence-corrected chi connectivity index (χ2v) is 8.29. The number of hydrogen-bond acceptors (Lipinski definition) is 4. The highest BCUT2D eigenvalue weighted by Crippen LogP contribution is 2.30. The predicted molar refractivity (Wildman–Crippen MR) is 95.8 cm³/mol. The lowest BCUT2D eigenvalue weighted by molar-refractivity contribution is -0.137. The van der Waals surface area contributed by atoms with Gasteiger partial charge in [0.05, 0.1) is 17.4 Å². The minimum absolute atomic E-state index is 0.178. The van der Waals surface area contributed by atoms with Gasteiger partial charge in [-0.05, 0) is 6.42 Å². The van der Waals surface area contributed by atoms with Crippen LogP contribution < -0.4 is 0 Å². The van der Waals surface area contributed by atoms with Crippen LogP contribution in [-0.4, -0.2) is 38.2 Å². The van der Waals surface area contributed by atoms with Gasteiger partial charge >= 0.3 is 11.9 Å². The third-order valence-electron chi connectivity index (χ3n) is 3.28. The zero-order valence-electron chi connectivity index (χ0n) is 13.6. The van der Waals surface area contributed by atoms with E-state index in [0.29, 0.717) is 16.1 Å². The predicted octanol–water partition coefficient (Wildman–Crippen LogP) is 4.87. The van der Waals surface area contributed by atoms with Gasteiger partial charge in [-0.2, -0.15) is 0 Å². The molecule has 0 aliphatic rings. The molecular formula is C16H30O4S2. The van der Waals surface area contributed by atoms with Gasteiger partial charge < -0.3 is 10.2 Å². The first-order valence-electron chi connectivity index (χ1n) is 8.23. The summed E-state index contributed by atoms with van der Waals surface area (Å²) in [4.78, 5) is 21.1. The lowest BCUT2D eigenvalue weighted by atomic mass is 10.1. The molecule has 2 N–H and O–H groups in total. The fourth-order valence-electron chi connectivity index (χ4n) is 2.04. The highest BCUT2D eigenvalue weighted by atomic mass is 32.2. The molecule has 6 heteroatoms. The molecule has 130 valence electrons. The summed E-state index contributed by atoms with van der Waals surface area (Å²) in [5, 5.41) is 17.4. The molecule has 0 unspecified atom stereocenters. The van der Waals surface area contributed by atoms with E-state index in [1.54, 1.807) is 23.5 Å². The molecule has 0 heterocycles. The highest BCUT2D eigenvalue weighted by molar-refractivity contribution is 8.17. The van der Waals surface area contributed by atoms with Gasteiger partial charge in [-0.1, -0.05) is 51.9 Å². The lowest BCUT2D eigenvalue weighted by Crippen LogP contribution is -2.05. The van der Waals surface area contributed by atoms with Crippen LogP contribution in [0.2, 0.25) is 0 Å². The van der Waals surface area contributed by atoms with Crippen LogP contribution in [0.1, 0.15) is 71.1 Å². The Balaban J connectivity index is 3.79. The summed E-state index contributed by atoms with van der Waals surface area (Å²) in [7, 11) is 0. The maximum Gasteiger partial charge on any atom is 0.304 e. The van der Waals surface area contributed by atoms with Gasteiger partial charge in [-0.25, -0.2) is 0 Å². The van der Waals surface area contributed by atoms with Crippen molar-refractivity contribution in [3.63, 3.8) is 0 Å². The quantitative estimate of drug-likeness (QED) is 0.305. The van der Waals surface area contributed by atoms with Crippen molar-refractivity contribution in [1.29, 1.82) is 0 Å². The first-order valence-corrected chi connectivity index (χ1v) is 10.3. The van der Waals surface area contributed by atoms with Gasteiger partial charge in [0.2, 0.25) is 0 Å². The average molecular weight is 351 g/mol. The van der Waals surface area contributed by atoms with Crippen molar-refractivity contribution in [3.8, 4) is 0 Å². The molecule has 4 nitrogen and oxygen atoms in total. The Hall–Kier alpha value is -0.360. The molecule has 0 aromatic heterocycles. The Morgan fingerprint density at radius 1 is 0.818 bits per heavy atom. The molecule has 0 rings (SSSR count). The zero-order valence-corrected chi connectivity index (χ0v) is 15.2. The van der Waals surface area contributed by atoms with E-state index >= 15 is 0 Å². The highest BCUT2D eigenvalue weighted by Gasteiger charge is 2.11. The molecule has 0 radical (unpaired) electrons. The standard InChI is InChI=1S/C16H30O4S2/c1-2-3-4-5-6-7-8-9-16(21-12-10-14(17)18)22-13-11-15(19)20/h16H,2-13H2,1H3,(H,17,18)(H,19,20). The molecular weight excluding hydrogens is 320 g/mol. The van der Waals surface area contributed by atoms with Crippen molar-refractivity contribution in [3.05, 3.63) is 0 Å². The Kier molecular flexibility index (Phi) is 15.3. The zero-order chi connectivity index (χ0) is 16.6. The van der Waals surface area contributed by atoms with Crippen molar-refractivity contribution in [2.45, 2.75) is 75.7 Å². The molecule has 0 atom stereocenters. The van der Waals surface area contributed by atoms with Crippen molar-refractivity contribution < 1.29 is 19.8 Å². The van der Waals surface area contributed by atoms with Crippen molar-refractivity contribution in [2.75, 3.05) is 11.5 Å². The fraction of sp³-hybridized carbons (Fsp3) is 0.875. The summed E-state index contributed by atoms with van der Waals surface area (Å²) in [5.74, 6) is -0.317. The topological polar surface area (TPSA) is 74.6 Å². The number of thioether (sulfide) groups is 2. The SMILES string of the molecule is CCCCCCCCCC(SCCC(=O)O)SCCC(=O)O. The average Bonchev–Trinajstić information content (AvgIpc) is 2.45. The van der Waals surface area contributed by atoms with Gasteiger partial charge in [-0.3, -0.25) is 9.59 Å². The van der Waals surface area contributed by atoms with Crippen LogP contribution >= 0.6 is 23.5 Å². The van der Waals surface area contributed by atoms with Crippen LogP contribution in [0.5, 0.6) is 0 Å². The number of carboxylic acid groups (broad SMARTS) is 2. The molecule has 0 spiro atoms. The Bertz CT molecular complexity index is 278. The van der Waals surface area contributed by atoms with E-state index < -0.39 is 11.9 Å². The van der Waals surface area contributed by atoms with E-state index in [4.69, 9.17) is 10.2 Å². The first kappa shape index (κ1) is 21.6. The van der Waals surface area contributed by atoms with Crippen LogP contribution in [0.15, 0.2) is 0 Å². The molecule has 0 aliphatic carbocycles. The van der Waals surface area contributed by atoms with Crippen LogP contribution in [0.25, 0.3) is 0 Å². The smallest absolute Gasteiger partial charge is 0.304 e. The number of rotatable bonds is 16. The minimum Gasteiger partial charge on any atom is -0.481 e. The number of unbranched alkanes of at least 4 members (excludes halogenated alkanes) is 6. The second-order valence-electron chi connectivity index (χ2n) is 5.37. The summed E-state index contributed by atoms with van der Waals surface area (Å²) in [6, 6.07) is 0. The Labute approximate surface area is 142 Å². The van der Waals surface area contributed by atoms with E-state index in [0.717, 1.165) is 12.8 Å². The summed E-state index contributed by atoms with van der Waals surface area (Å²) < 4.78 is 0.328. The number of carboxylic acids is 2. The summed E-state index contributed by atoms with van der Waals surface area (Å²) in [6.45, 7) is 2.22. The second kappa shape index (κ2) is 15.5. The molecule has 22 heavy (non-hydrogen) atoms. The maximum atomic E-state index is 10.6. The van der Waals surface area contributed by atoms with Crippen molar-refractivity contribution in [1.82, 2.24) is 0 Å². The van der Waals surface area contributed by atoms with Crippen molar-refractivity contribution in [2.24, 2.45) is 0 Å². The Morgan fingerprint density at radius 3 is 1.73 bits per heavy atom. The summed E-state index contributed by atoms with van der Waals surface area (Å²) >= 11 is 3.33. The van der Waals surface area contributed by atoms with Crippen LogP contribution in [0.3, 0.4) is 0 Å². The van der Waals surface area contributed by atoms with Crippen LogP contribution in [0.4, 0.5) is 0 Å². The Morgan fingerprint density at radius 2 is 1.27 bits per heavy atom. The number of aliphatic carboxylic acids is 2. The maximum absolute atomic E-state index is 10.6. The fourth-order valence-corrected chi connectivity index (χ4v) is 4.78. The molecule has 0 fully saturated rings. The number of hydrogen-bond donors (Lipinski definition) is 2. The van der Waals surface area contributed by atoms with E-state index in [2.05, 4.69) is 6.92 Å². The molecule has 0 bridgehead atoms. The summed E-state index contributed by atoms with van der Waals surface area (Å²) in [5.41, 5.74) is 0. The van der Waals surface area contributed by atoms with Gasteiger partial charge in [-0.15, -0.1) is 23.5 Å². The molecule has 0 saturated carbocycles. The third kappa shape index (κ3) is 16.0. The molecule has 0 aliphatic heterocycles. The largest absolute Gasteiger partial charge is 0.481 e. The number of carbonyl (C=O) groups is 2. The van der Waals surface area contributed by atoms with E-state index in [1.165, 1.54) is 38.5 Å². The third-order valence-corrected chi connectivity index (χ3v) is 6.19. The van der Waals surface area contributed by atoms with Crippen LogP contribution in [-0.2, 0) is 9.59 Å². The van der Waals surface area contributed by atoms with Gasteiger partial charge in [0.15, 0.2) is 0 Å². The lowest BCUT2D eigenvalue weighted by Gasteiger charge is -2.15. The molecule has 0 amide bonds. The summed E-state index contributed by atoms with van der Waals surface area (Å²) in [6.07, 6.45) is 10.2. The van der Waals surface area contributed by atoms with Gasteiger partial charge in [0, 0.05) is 11.5 Å². The first-order chi connectivity index (χ1) is 10.6. The molecule has 0 aromatic rings. The molecule has 0 aromatic carbocycles. The normalized spacial score (nSPS) is 11.0. The minimum atomic E-state index is -0.766. The molecule has 0 saturated heterocycles. The van der Waals surface area contributed by atoms with E-state index in [-0.39, 0.29) is 12.8 Å². The van der Waals surface area contributed by atoms with Crippen molar-refractivity contribution >= 4 is 35.5 Å². The van der Waals surface area contributed by atoms with Crippen LogP contribution in [0, 0.1) is 0 Å². The van der Waals surface area contributed by atoms with Gasteiger partial charge in [0.1, 0.15) is 0 Å². The van der Waals surface area contributed by atoms with E-state index in [1.807, 2.05) is 0 Å². The monoisotopic (exact) mass is 350 g/mol. The van der Waals surface area contributed by atoms with E-state index in [9.17, 15) is 9.59 Å². The van der Waals surface area contributed by atoms with Gasteiger partial charge in [0.25, 0.3) is 0 Å².